The molecule has 0 aliphatic carbocycles. The number of carbonyl (C=O) groups is 1. The van der Waals surface area contributed by atoms with E-state index in [9.17, 15) is 4.79 Å². The quantitative estimate of drug-likeness (QED) is 0.0733. The third-order valence-electron chi connectivity index (χ3n) is 7.03. The summed E-state index contributed by atoms with van der Waals surface area (Å²) in [5.74, 6) is 0.526. The van der Waals surface area contributed by atoms with Crippen molar-refractivity contribution in [2.45, 2.75) is 85.0 Å². The maximum atomic E-state index is 11.5. The Morgan fingerprint density at radius 2 is 1.17 bits per heavy atom. The third kappa shape index (κ3) is 31.1. The van der Waals surface area contributed by atoms with Crippen LogP contribution in [0.2, 0.25) is 10.0 Å². The molecule has 0 atom stereocenters. The lowest BCUT2D eigenvalue weighted by atomic mass is 10.1. The average molecular weight is 778 g/mol. The van der Waals surface area contributed by atoms with E-state index >= 15 is 0 Å². The predicted octanol–water partition coefficient (Wildman–Crippen LogP) is 4.29. The first-order valence-electron chi connectivity index (χ1n) is 17.1. The summed E-state index contributed by atoms with van der Waals surface area (Å²) in [5.41, 5.74) is 0.914. The van der Waals surface area contributed by atoms with Crippen LogP contribution >= 0.6 is 23.2 Å². The SMILES string of the molecule is CCCCCCCCCCCC[N+](C)(C)CC(=O)OCC.Cc1cc(OCCOCCOCCOCCOCCO)c(Cl)cc1Cl.[Br-]. The number of hydrogen-bond acceptors (Lipinski definition) is 8. The molecule has 0 heterocycles. The van der Waals surface area contributed by atoms with Gasteiger partial charge in [-0.2, -0.15) is 0 Å². The van der Waals surface area contributed by atoms with Gasteiger partial charge in [0.05, 0.1) is 91.7 Å². The van der Waals surface area contributed by atoms with Gasteiger partial charge in [0.2, 0.25) is 0 Å². The molecule has 1 N–H and O–H groups in total. The van der Waals surface area contributed by atoms with Crippen molar-refractivity contribution in [3.8, 4) is 5.75 Å². The van der Waals surface area contributed by atoms with E-state index in [1.807, 2.05) is 19.9 Å². The van der Waals surface area contributed by atoms with Gasteiger partial charge in [-0.15, -0.1) is 0 Å². The summed E-state index contributed by atoms with van der Waals surface area (Å²) in [6, 6.07) is 3.48. The van der Waals surface area contributed by atoms with Crippen LogP contribution in [0.1, 0.15) is 83.6 Å². The molecule has 0 bridgehead atoms. The second-order valence-electron chi connectivity index (χ2n) is 11.9. The highest BCUT2D eigenvalue weighted by Crippen LogP contribution is 2.30. The molecule has 1 aromatic carbocycles. The number of unbranched alkanes of at least 4 members (excludes halogenated alkanes) is 9. The number of likely N-dealkylation sites (N-methyl/N-ethyl adjacent to an activating group) is 1. The largest absolute Gasteiger partial charge is 1.00 e. The molecule has 1 aromatic rings. The number of nitrogens with zero attached hydrogens (tertiary/aromatic N) is 1. The molecule has 0 amide bonds. The number of aryl methyl sites for hydroxylation is 1. The minimum atomic E-state index is -0.0745. The molecule has 0 aliphatic rings. The highest BCUT2D eigenvalue weighted by atomic mass is 79.9. The highest BCUT2D eigenvalue weighted by Gasteiger charge is 2.20. The second kappa shape index (κ2) is 33.8. The van der Waals surface area contributed by atoms with Crippen molar-refractivity contribution in [3.63, 3.8) is 0 Å². The van der Waals surface area contributed by atoms with Crippen LogP contribution in [0.4, 0.5) is 0 Å². The van der Waals surface area contributed by atoms with E-state index in [-0.39, 0.29) is 29.6 Å². The van der Waals surface area contributed by atoms with E-state index in [1.54, 1.807) is 6.07 Å². The standard InChI is InChI=1S/C18H38NO2.C17H26Cl2O6.BrH/c1-5-7-8-9-10-11-12-13-14-15-16-19(3,4)17-18(20)21-6-2;1-14-12-17(16(19)13-15(14)18)25-11-10-24-9-8-23-7-6-22-5-4-21-3-2-20;/h5-17H2,1-4H3;12-13,20H,2-11H2,1H3;1H/q+1;;/p-1. The number of hydrogen-bond donors (Lipinski definition) is 1. The number of aliphatic hydroxyl groups is 1. The van der Waals surface area contributed by atoms with E-state index in [0.29, 0.717) is 88.4 Å². The van der Waals surface area contributed by atoms with Gasteiger partial charge in [0, 0.05) is 5.02 Å². The molecule has 278 valence electrons. The molecule has 0 unspecified atom stereocenters. The van der Waals surface area contributed by atoms with Gasteiger partial charge < -0.3 is 55.0 Å². The molecule has 1 rings (SSSR count). The summed E-state index contributed by atoms with van der Waals surface area (Å²) in [6.45, 7) is 12.2. The fourth-order valence-corrected chi connectivity index (χ4v) is 4.88. The summed E-state index contributed by atoms with van der Waals surface area (Å²) in [6.07, 6.45) is 13.6. The zero-order chi connectivity index (χ0) is 34.3. The molecule has 0 saturated carbocycles. The Kier molecular flexibility index (Phi) is 34.8. The van der Waals surface area contributed by atoms with Crippen molar-refractivity contribution in [1.29, 1.82) is 0 Å². The van der Waals surface area contributed by atoms with Crippen molar-refractivity contribution in [2.24, 2.45) is 0 Å². The minimum Gasteiger partial charge on any atom is -1.00 e. The van der Waals surface area contributed by atoms with Gasteiger partial charge in [0.1, 0.15) is 12.4 Å². The first-order valence-corrected chi connectivity index (χ1v) is 17.9. The molecule has 47 heavy (non-hydrogen) atoms. The van der Waals surface area contributed by atoms with Gasteiger partial charge in [-0.25, -0.2) is 4.79 Å². The summed E-state index contributed by atoms with van der Waals surface area (Å²) in [5, 5.41) is 9.62. The lowest BCUT2D eigenvalue weighted by Gasteiger charge is -2.28. The van der Waals surface area contributed by atoms with Gasteiger partial charge in [0.25, 0.3) is 0 Å². The molecule has 0 spiro atoms. The molecule has 12 heteroatoms. The first kappa shape index (κ1) is 48.4. The Hall–Kier alpha value is -0.690. The summed E-state index contributed by atoms with van der Waals surface area (Å²) in [7, 11) is 4.23. The predicted molar refractivity (Wildman–Crippen MR) is 187 cm³/mol. The maximum absolute atomic E-state index is 11.5. The molecule has 9 nitrogen and oxygen atoms in total. The maximum Gasteiger partial charge on any atom is 0.361 e. The van der Waals surface area contributed by atoms with Gasteiger partial charge >= 0.3 is 5.97 Å². The van der Waals surface area contributed by atoms with Crippen LogP contribution in [-0.4, -0.2) is 115 Å². The van der Waals surface area contributed by atoms with Gasteiger partial charge in [0.15, 0.2) is 6.54 Å². The van der Waals surface area contributed by atoms with E-state index in [0.717, 1.165) is 16.6 Å². The fraction of sp³-hybridized carbons (Fsp3) is 0.800. The topological polar surface area (TPSA) is 92.7 Å². The third-order valence-corrected chi connectivity index (χ3v) is 7.73. The van der Waals surface area contributed by atoms with Gasteiger partial charge in [-0.05, 0) is 44.4 Å². The summed E-state index contributed by atoms with van der Waals surface area (Å²) in [4.78, 5) is 11.5. The number of aliphatic hydroxyl groups excluding tert-OH is 1. The number of halogens is 3. The van der Waals surface area contributed by atoms with Crippen molar-refractivity contribution in [2.75, 3.05) is 99.9 Å². The molecule has 0 aliphatic heterocycles. The number of quaternary nitrogens is 1. The first-order chi connectivity index (χ1) is 22.2. The Bertz CT molecular complexity index is 867. The molecular weight excluding hydrogens is 713 g/mol. The monoisotopic (exact) mass is 775 g/mol. The molecule has 0 radical (unpaired) electrons. The van der Waals surface area contributed by atoms with Crippen molar-refractivity contribution >= 4 is 29.2 Å². The summed E-state index contributed by atoms with van der Waals surface area (Å²) >= 11 is 12.0. The Balaban J connectivity index is 0. The van der Waals surface area contributed by atoms with Crippen LogP contribution in [0.15, 0.2) is 12.1 Å². The fourth-order valence-electron chi connectivity index (χ4n) is 4.44. The Morgan fingerprint density at radius 3 is 1.66 bits per heavy atom. The molecule has 0 saturated heterocycles. The molecule has 0 aromatic heterocycles. The molecule has 0 fully saturated rings. The van der Waals surface area contributed by atoms with Crippen LogP contribution in [0.5, 0.6) is 5.75 Å². The normalized spacial score (nSPS) is 11.1. The Morgan fingerprint density at radius 1 is 0.702 bits per heavy atom. The lowest BCUT2D eigenvalue weighted by molar-refractivity contribution is -0.883. The number of rotatable bonds is 29. The number of ether oxygens (including phenoxy) is 6. The zero-order valence-electron chi connectivity index (χ0n) is 29.8. The second-order valence-corrected chi connectivity index (χ2v) is 12.7. The van der Waals surface area contributed by atoms with Gasteiger partial charge in [-0.3, -0.25) is 0 Å². The van der Waals surface area contributed by atoms with E-state index in [2.05, 4.69) is 21.0 Å². The van der Waals surface area contributed by atoms with E-state index < -0.39 is 0 Å². The van der Waals surface area contributed by atoms with E-state index in [1.165, 1.54) is 64.2 Å². The van der Waals surface area contributed by atoms with Gasteiger partial charge in [-0.1, -0.05) is 81.5 Å². The zero-order valence-corrected chi connectivity index (χ0v) is 32.9. The van der Waals surface area contributed by atoms with Crippen LogP contribution in [0, 0.1) is 6.92 Å². The van der Waals surface area contributed by atoms with Crippen molar-refractivity contribution < 1.29 is 59.8 Å². The number of benzene rings is 1. The lowest BCUT2D eigenvalue weighted by Crippen LogP contribution is -3.00. The van der Waals surface area contributed by atoms with E-state index in [4.69, 9.17) is 56.7 Å². The van der Waals surface area contributed by atoms with Crippen molar-refractivity contribution in [1.82, 2.24) is 0 Å². The number of carbonyl (C=O) groups excluding carboxylic acids is 1. The summed E-state index contributed by atoms with van der Waals surface area (Å²) < 4.78 is 32.5. The minimum absolute atomic E-state index is 0. The van der Waals surface area contributed by atoms with Crippen LogP contribution in [0.3, 0.4) is 0 Å². The van der Waals surface area contributed by atoms with Crippen LogP contribution in [-0.2, 0) is 28.5 Å². The number of esters is 1. The van der Waals surface area contributed by atoms with Crippen LogP contribution < -0.4 is 21.7 Å². The molecular formula is C35H64BrCl2NO8. The van der Waals surface area contributed by atoms with Crippen molar-refractivity contribution in [3.05, 3.63) is 27.7 Å². The highest BCUT2D eigenvalue weighted by molar-refractivity contribution is 6.36. The average Bonchev–Trinajstić information content (AvgIpc) is 3.01. The smallest absolute Gasteiger partial charge is 0.361 e. The Labute approximate surface area is 306 Å². The van der Waals surface area contributed by atoms with Crippen LogP contribution in [0.25, 0.3) is 0 Å².